The minimum Gasteiger partial charge on any atom is -0.497 e. The lowest BCUT2D eigenvalue weighted by molar-refractivity contribution is 0.287. The molecular formula is C15H22N2O. The average molecular weight is 246 g/mol. The fraction of sp³-hybridized carbons (Fsp3) is 0.600. The van der Waals surface area contributed by atoms with E-state index in [-0.39, 0.29) is 0 Å². The molecule has 3 rings (SSSR count). The number of benzene rings is 1. The molecule has 1 aromatic rings. The SMILES string of the molecule is COc1ccc2c(c1)[C@H](CN1CCCC1)NCC2. The van der Waals surface area contributed by atoms with Gasteiger partial charge in [0.1, 0.15) is 5.75 Å². The zero-order valence-electron chi connectivity index (χ0n) is 11.1. The summed E-state index contributed by atoms with van der Waals surface area (Å²) in [6.45, 7) is 4.76. The summed E-state index contributed by atoms with van der Waals surface area (Å²) in [5.41, 5.74) is 2.92. The highest BCUT2D eigenvalue weighted by atomic mass is 16.5. The van der Waals surface area contributed by atoms with Gasteiger partial charge < -0.3 is 15.0 Å². The summed E-state index contributed by atoms with van der Waals surface area (Å²) in [7, 11) is 1.74. The van der Waals surface area contributed by atoms with E-state index in [1.165, 1.54) is 37.1 Å². The van der Waals surface area contributed by atoms with Gasteiger partial charge in [0, 0.05) is 12.6 Å². The van der Waals surface area contributed by atoms with Crippen molar-refractivity contribution in [3.05, 3.63) is 29.3 Å². The van der Waals surface area contributed by atoms with Crippen LogP contribution in [0.1, 0.15) is 30.0 Å². The quantitative estimate of drug-likeness (QED) is 0.882. The summed E-state index contributed by atoms with van der Waals surface area (Å²) < 4.78 is 5.36. The Morgan fingerprint density at radius 1 is 1.33 bits per heavy atom. The van der Waals surface area contributed by atoms with E-state index in [1.54, 1.807) is 7.11 Å². The molecular weight excluding hydrogens is 224 g/mol. The largest absolute Gasteiger partial charge is 0.497 e. The smallest absolute Gasteiger partial charge is 0.119 e. The molecule has 2 aliphatic heterocycles. The molecule has 0 aliphatic carbocycles. The van der Waals surface area contributed by atoms with Gasteiger partial charge in [-0.25, -0.2) is 0 Å². The summed E-state index contributed by atoms with van der Waals surface area (Å²) in [6, 6.07) is 6.99. The van der Waals surface area contributed by atoms with Crippen LogP contribution in [0.2, 0.25) is 0 Å². The van der Waals surface area contributed by atoms with E-state index < -0.39 is 0 Å². The number of fused-ring (bicyclic) bond motifs is 1. The lowest BCUT2D eigenvalue weighted by Gasteiger charge is -2.30. The number of rotatable bonds is 3. The zero-order valence-corrected chi connectivity index (χ0v) is 11.1. The van der Waals surface area contributed by atoms with Gasteiger partial charge in [-0.15, -0.1) is 0 Å². The molecule has 2 aliphatic rings. The van der Waals surface area contributed by atoms with Crippen LogP contribution in [0.4, 0.5) is 0 Å². The van der Waals surface area contributed by atoms with E-state index in [2.05, 4.69) is 28.4 Å². The molecule has 3 nitrogen and oxygen atoms in total. The van der Waals surface area contributed by atoms with E-state index in [9.17, 15) is 0 Å². The normalized spacial score (nSPS) is 23.9. The number of nitrogens with one attached hydrogen (secondary N) is 1. The van der Waals surface area contributed by atoms with Gasteiger partial charge in [-0.1, -0.05) is 6.07 Å². The van der Waals surface area contributed by atoms with Gasteiger partial charge in [-0.3, -0.25) is 0 Å². The molecule has 0 spiro atoms. The van der Waals surface area contributed by atoms with Crippen molar-refractivity contribution >= 4 is 0 Å². The monoisotopic (exact) mass is 246 g/mol. The van der Waals surface area contributed by atoms with E-state index in [1.807, 2.05) is 0 Å². The highest BCUT2D eigenvalue weighted by Crippen LogP contribution is 2.28. The van der Waals surface area contributed by atoms with E-state index in [0.717, 1.165) is 25.3 Å². The second kappa shape index (κ2) is 5.29. The predicted molar refractivity (Wildman–Crippen MR) is 73.1 cm³/mol. The van der Waals surface area contributed by atoms with E-state index in [0.29, 0.717) is 6.04 Å². The predicted octanol–water partition coefficient (Wildman–Crippen LogP) is 1.98. The Balaban J connectivity index is 1.80. The molecule has 98 valence electrons. The lowest BCUT2D eigenvalue weighted by Crippen LogP contribution is -2.38. The molecule has 0 amide bonds. The Bertz CT molecular complexity index is 413. The van der Waals surface area contributed by atoms with Crippen molar-refractivity contribution in [1.29, 1.82) is 0 Å². The van der Waals surface area contributed by atoms with Crippen molar-refractivity contribution in [2.45, 2.75) is 25.3 Å². The van der Waals surface area contributed by atoms with Crippen molar-refractivity contribution in [3.63, 3.8) is 0 Å². The number of nitrogens with zero attached hydrogens (tertiary/aromatic N) is 1. The molecule has 1 fully saturated rings. The van der Waals surface area contributed by atoms with Crippen molar-refractivity contribution < 1.29 is 4.74 Å². The molecule has 0 unspecified atom stereocenters. The third kappa shape index (κ3) is 2.38. The number of methoxy groups -OCH3 is 1. The minimum absolute atomic E-state index is 0.474. The maximum absolute atomic E-state index is 5.36. The maximum Gasteiger partial charge on any atom is 0.119 e. The fourth-order valence-electron chi connectivity index (χ4n) is 3.13. The molecule has 0 saturated carbocycles. The van der Waals surface area contributed by atoms with Crippen LogP contribution < -0.4 is 10.1 Å². The molecule has 0 radical (unpaired) electrons. The summed E-state index contributed by atoms with van der Waals surface area (Å²) in [4.78, 5) is 2.58. The van der Waals surface area contributed by atoms with Crippen LogP contribution in [0.15, 0.2) is 18.2 Å². The van der Waals surface area contributed by atoms with Gasteiger partial charge in [0.05, 0.1) is 7.11 Å². The molecule has 0 bridgehead atoms. The molecule has 1 aromatic carbocycles. The van der Waals surface area contributed by atoms with Crippen LogP contribution in [0.25, 0.3) is 0 Å². The second-order valence-electron chi connectivity index (χ2n) is 5.33. The summed E-state index contributed by atoms with van der Waals surface area (Å²) in [5, 5.41) is 3.66. The Hall–Kier alpha value is -1.06. The number of hydrogen-bond donors (Lipinski definition) is 1. The standard InChI is InChI=1S/C15H22N2O/c1-18-13-5-4-12-6-7-16-15(14(12)10-13)11-17-8-2-3-9-17/h4-5,10,15-16H,2-3,6-9,11H2,1H3/t15-/m0/s1. The van der Waals surface area contributed by atoms with Gasteiger partial charge >= 0.3 is 0 Å². The Morgan fingerprint density at radius 2 is 2.17 bits per heavy atom. The Labute approximate surface area is 109 Å². The van der Waals surface area contributed by atoms with Crippen LogP contribution in [-0.2, 0) is 6.42 Å². The first kappa shape index (κ1) is 12.0. The second-order valence-corrected chi connectivity index (χ2v) is 5.33. The third-order valence-corrected chi connectivity index (χ3v) is 4.15. The van der Waals surface area contributed by atoms with Crippen LogP contribution in [-0.4, -0.2) is 38.2 Å². The summed E-state index contributed by atoms with van der Waals surface area (Å²) >= 11 is 0. The number of hydrogen-bond acceptors (Lipinski definition) is 3. The molecule has 1 atom stereocenters. The van der Waals surface area contributed by atoms with Crippen LogP contribution >= 0.6 is 0 Å². The minimum atomic E-state index is 0.474. The first-order chi connectivity index (χ1) is 8.86. The topological polar surface area (TPSA) is 24.5 Å². The molecule has 1 N–H and O–H groups in total. The van der Waals surface area contributed by atoms with Crippen LogP contribution in [0, 0.1) is 0 Å². The highest BCUT2D eigenvalue weighted by molar-refractivity contribution is 5.39. The fourth-order valence-corrected chi connectivity index (χ4v) is 3.13. The Kier molecular flexibility index (Phi) is 3.52. The summed E-state index contributed by atoms with van der Waals surface area (Å²) in [5.74, 6) is 0.976. The molecule has 2 heterocycles. The van der Waals surface area contributed by atoms with E-state index >= 15 is 0 Å². The molecule has 0 aromatic heterocycles. The van der Waals surface area contributed by atoms with Crippen molar-refractivity contribution in [3.8, 4) is 5.75 Å². The van der Waals surface area contributed by atoms with E-state index in [4.69, 9.17) is 4.74 Å². The number of ether oxygens (including phenoxy) is 1. The maximum atomic E-state index is 5.36. The van der Waals surface area contributed by atoms with Crippen LogP contribution in [0.3, 0.4) is 0 Å². The molecule has 1 saturated heterocycles. The summed E-state index contributed by atoms with van der Waals surface area (Å²) in [6.07, 6.45) is 3.85. The zero-order chi connectivity index (χ0) is 12.4. The lowest BCUT2D eigenvalue weighted by atomic mass is 9.93. The van der Waals surface area contributed by atoms with Gasteiger partial charge in [0.2, 0.25) is 0 Å². The first-order valence-electron chi connectivity index (χ1n) is 6.99. The van der Waals surface area contributed by atoms with Gasteiger partial charge in [-0.05, 0) is 62.2 Å². The number of likely N-dealkylation sites (tertiary alicyclic amines) is 1. The van der Waals surface area contributed by atoms with Crippen LogP contribution in [0.5, 0.6) is 5.75 Å². The highest BCUT2D eigenvalue weighted by Gasteiger charge is 2.23. The van der Waals surface area contributed by atoms with Gasteiger partial charge in [-0.2, -0.15) is 0 Å². The molecule has 3 heteroatoms. The first-order valence-corrected chi connectivity index (χ1v) is 6.99. The van der Waals surface area contributed by atoms with Gasteiger partial charge in [0.25, 0.3) is 0 Å². The van der Waals surface area contributed by atoms with Crippen molar-refractivity contribution in [2.75, 3.05) is 33.3 Å². The average Bonchev–Trinajstić information content (AvgIpc) is 2.91. The van der Waals surface area contributed by atoms with Crippen molar-refractivity contribution in [2.24, 2.45) is 0 Å². The Morgan fingerprint density at radius 3 is 2.94 bits per heavy atom. The third-order valence-electron chi connectivity index (χ3n) is 4.15. The van der Waals surface area contributed by atoms with Crippen molar-refractivity contribution in [1.82, 2.24) is 10.2 Å². The molecule has 18 heavy (non-hydrogen) atoms. The van der Waals surface area contributed by atoms with Gasteiger partial charge in [0.15, 0.2) is 0 Å².